The van der Waals surface area contributed by atoms with Gasteiger partial charge in [-0.15, -0.1) is 0 Å². The second-order valence-corrected chi connectivity index (χ2v) is 6.05. The maximum absolute atomic E-state index is 11.0. The Kier molecular flexibility index (Phi) is 4.16. The minimum atomic E-state index is -0.0642. The summed E-state index contributed by atoms with van der Waals surface area (Å²) in [6.07, 6.45) is 1.03. The van der Waals surface area contributed by atoms with Gasteiger partial charge in [-0.05, 0) is 25.5 Å². The number of rotatable bonds is 4. The normalized spacial score (nSPS) is 11.5. The Hall–Kier alpha value is -2.10. The van der Waals surface area contributed by atoms with Crippen LogP contribution in [-0.4, -0.2) is 15.9 Å². The summed E-state index contributed by atoms with van der Waals surface area (Å²) in [4.78, 5) is 19.2. The van der Waals surface area contributed by atoms with E-state index in [9.17, 15) is 4.79 Å². The third kappa shape index (κ3) is 3.32. The second-order valence-electron chi connectivity index (χ2n) is 6.05. The van der Waals surface area contributed by atoms with Crippen LogP contribution in [0.1, 0.15) is 45.6 Å². The number of anilines is 1. The van der Waals surface area contributed by atoms with Crippen LogP contribution in [0.3, 0.4) is 0 Å². The number of nitrogens with one attached hydrogen (secondary N) is 2. The summed E-state index contributed by atoms with van der Waals surface area (Å²) in [7, 11) is 0. The molecule has 0 radical (unpaired) electrons. The fourth-order valence-electron chi connectivity index (χ4n) is 2.14. The van der Waals surface area contributed by atoms with Gasteiger partial charge in [-0.2, -0.15) is 0 Å². The van der Waals surface area contributed by atoms with Crippen molar-refractivity contribution < 1.29 is 4.79 Å². The van der Waals surface area contributed by atoms with Gasteiger partial charge >= 0.3 is 0 Å². The quantitative estimate of drug-likeness (QED) is 0.891. The Morgan fingerprint density at radius 2 is 1.90 bits per heavy atom. The molecule has 112 valence electrons. The summed E-state index contributed by atoms with van der Waals surface area (Å²) in [6, 6.07) is 7.76. The first kappa shape index (κ1) is 15.3. The number of imidazole rings is 1. The predicted molar refractivity (Wildman–Crippen MR) is 86.4 cm³/mol. The average molecular weight is 285 g/mol. The number of H-pyrrole nitrogens is 1. The molecule has 0 atom stereocenters. The fourth-order valence-corrected chi connectivity index (χ4v) is 2.14. The largest absolute Gasteiger partial charge is 0.345 e. The van der Waals surface area contributed by atoms with E-state index in [0.29, 0.717) is 0 Å². The summed E-state index contributed by atoms with van der Waals surface area (Å²) >= 11 is 0. The first-order chi connectivity index (χ1) is 9.83. The van der Waals surface area contributed by atoms with Crippen LogP contribution >= 0.6 is 0 Å². The van der Waals surface area contributed by atoms with Gasteiger partial charge in [0.2, 0.25) is 5.91 Å². The molecule has 4 nitrogen and oxygen atoms in total. The van der Waals surface area contributed by atoms with E-state index in [1.165, 1.54) is 6.92 Å². The van der Waals surface area contributed by atoms with Gasteiger partial charge < -0.3 is 10.3 Å². The number of amides is 1. The van der Waals surface area contributed by atoms with E-state index in [1.54, 1.807) is 0 Å². The van der Waals surface area contributed by atoms with Crippen molar-refractivity contribution in [1.29, 1.82) is 0 Å². The Labute approximate surface area is 126 Å². The number of nitrogens with zero attached hydrogens (tertiary/aromatic N) is 1. The fraction of sp³-hybridized carbons (Fsp3) is 0.412. The lowest BCUT2D eigenvalue weighted by Gasteiger charge is -2.19. The molecular formula is C17H23N3O. The van der Waals surface area contributed by atoms with E-state index in [2.05, 4.69) is 31.1 Å². The summed E-state index contributed by atoms with van der Waals surface area (Å²) in [5.41, 5.74) is 3.93. The van der Waals surface area contributed by atoms with E-state index in [0.717, 1.165) is 34.9 Å². The third-order valence-corrected chi connectivity index (χ3v) is 3.89. The van der Waals surface area contributed by atoms with Crippen LogP contribution in [0.15, 0.2) is 24.3 Å². The molecule has 2 aromatic rings. The standard InChI is InChI=1S/C17H23N3O/c1-6-17(4,5)16-18-11(2)15(20-16)13-7-9-14(10-8-13)19-12(3)21/h7-10H,6H2,1-5H3,(H,18,20)(H,19,21). The Bertz CT molecular complexity index is 639. The molecule has 4 heteroatoms. The molecule has 0 aliphatic carbocycles. The number of carbonyl (C=O) groups is 1. The predicted octanol–water partition coefficient (Wildman–Crippen LogP) is 4.03. The van der Waals surface area contributed by atoms with Crippen molar-refractivity contribution in [1.82, 2.24) is 9.97 Å². The molecule has 0 fully saturated rings. The lowest BCUT2D eigenvalue weighted by Crippen LogP contribution is -2.17. The molecule has 0 bridgehead atoms. The maximum atomic E-state index is 11.0. The van der Waals surface area contributed by atoms with Crippen LogP contribution < -0.4 is 5.32 Å². The smallest absolute Gasteiger partial charge is 0.221 e. The molecule has 0 unspecified atom stereocenters. The highest BCUT2D eigenvalue weighted by Crippen LogP contribution is 2.29. The first-order valence-electron chi connectivity index (χ1n) is 7.28. The van der Waals surface area contributed by atoms with E-state index in [4.69, 9.17) is 4.98 Å². The number of aryl methyl sites for hydroxylation is 1. The molecule has 1 amide bonds. The van der Waals surface area contributed by atoms with Gasteiger partial charge in [0, 0.05) is 29.3 Å². The lowest BCUT2D eigenvalue weighted by molar-refractivity contribution is -0.114. The molecular weight excluding hydrogens is 262 g/mol. The van der Waals surface area contributed by atoms with Crippen LogP contribution in [-0.2, 0) is 10.2 Å². The molecule has 1 aromatic heterocycles. The molecule has 0 aliphatic rings. The Morgan fingerprint density at radius 3 is 2.43 bits per heavy atom. The van der Waals surface area contributed by atoms with Crippen LogP contribution in [0.2, 0.25) is 0 Å². The van der Waals surface area contributed by atoms with Crippen molar-refractivity contribution in [2.24, 2.45) is 0 Å². The highest BCUT2D eigenvalue weighted by Gasteiger charge is 2.23. The molecule has 1 heterocycles. The maximum Gasteiger partial charge on any atom is 0.221 e. The monoisotopic (exact) mass is 285 g/mol. The minimum Gasteiger partial charge on any atom is -0.345 e. The van der Waals surface area contributed by atoms with Crippen molar-refractivity contribution in [3.8, 4) is 11.3 Å². The van der Waals surface area contributed by atoms with E-state index < -0.39 is 0 Å². The first-order valence-corrected chi connectivity index (χ1v) is 7.28. The molecule has 0 spiro atoms. The van der Waals surface area contributed by atoms with Gasteiger partial charge in [-0.1, -0.05) is 32.9 Å². The zero-order valence-electron chi connectivity index (χ0n) is 13.4. The van der Waals surface area contributed by atoms with Gasteiger partial charge in [0.1, 0.15) is 5.82 Å². The van der Waals surface area contributed by atoms with E-state index >= 15 is 0 Å². The summed E-state index contributed by atoms with van der Waals surface area (Å²) < 4.78 is 0. The molecule has 0 aliphatic heterocycles. The Morgan fingerprint density at radius 1 is 1.29 bits per heavy atom. The van der Waals surface area contributed by atoms with Gasteiger partial charge in [0.25, 0.3) is 0 Å². The number of aromatic amines is 1. The Balaban J connectivity index is 2.32. The van der Waals surface area contributed by atoms with Gasteiger partial charge in [0.05, 0.1) is 5.69 Å². The molecule has 21 heavy (non-hydrogen) atoms. The van der Waals surface area contributed by atoms with Crippen LogP contribution in [0, 0.1) is 6.92 Å². The molecule has 1 aromatic carbocycles. The third-order valence-electron chi connectivity index (χ3n) is 3.89. The number of carbonyl (C=O) groups excluding carboxylic acids is 1. The summed E-state index contributed by atoms with van der Waals surface area (Å²) in [5.74, 6) is 0.953. The summed E-state index contributed by atoms with van der Waals surface area (Å²) in [5, 5.41) is 2.77. The minimum absolute atomic E-state index is 0.0408. The highest BCUT2D eigenvalue weighted by molar-refractivity contribution is 5.88. The molecule has 2 rings (SSSR count). The van der Waals surface area contributed by atoms with Gasteiger partial charge in [-0.3, -0.25) is 4.79 Å². The lowest BCUT2D eigenvalue weighted by atomic mass is 9.89. The van der Waals surface area contributed by atoms with Crippen LogP contribution in [0.4, 0.5) is 5.69 Å². The number of hydrogen-bond acceptors (Lipinski definition) is 2. The van der Waals surface area contributed by atoms with Crippen molar-refractivity contribution in [3.63, 3.8) is 0 Å². The van der Waals surface area contributed by atoms with Gasteiger partial charge in [0.15, 0.2) is 0 Å². The average Bonchev–Trinajstić information content (AvgIpc) is 2.82. The zero-order chi connectivity index (χ0) is 15.6. The molecule has 2 N–H and O–H groups in total. The number of aromatic nitrogens is 2. The van der Waals surface area contributed by atoms with Crippen LogP contribution in [0.5, 0.6) is 0 Å². The zero-order valence-corrected chi connectivity index (χ0v) is 13.4. The topological polar surface area (TPSA) is 57.8 Å². The number of hydrogen-bond donors (Lipinski definition) is 2. The number of benzene rings is 1. The van der Waals surface area contributed by atoms with Crippen molar-refractivity contribution in [2.45, 2.75) is 46.5 Å². The van der Waals surface area contributed by atoms with E-state index in [-0.39, 0.29) is 11.3 Å². The van der Waals surface area contributed by atoms with Crippen LogP contribution in [0.25, 0.3) is 11.3 Å². The van der Waals surface area contributed by atoms with Crippen molar-refractivity contribution >= 4 is 11.6 Å². The van der Waals surface area contributed by atoms with E-state index in [1.807, 2.05) is 31.2 Å². The van der Waals surface area contributed by atoms with Crippen molar-refractivity contribution in [3.05, 3.63) is 35.8 Å². The van der Waals surface area contributed by atoms with Crippen molar-refractivity contribution in [2.75, 3.05) is 5.32 Å². The summed E-state index contributed by atoms with van der Waals surface area (Å²) in [6.45, 7) is 10.1. The SMILES string of the molecule is CCC(C)(C)c1nc(-c2ccc(NC(C)=O)cc2)c(C)[nH]1. The van der Waals surface area contributed by atoms with Gasteiger partial charge in [-0.25, -0.2) is 4.98 Å². The second kappa shape index (κ2) is 5.72. The highest BCUT2D eigenvalue weighted by atomic mass is 16.1. The molecule has 0 saturated carbocycles. The molecule has 0 saturated heterocycles.